The number of pyridine rings is 2. The molecule has 0 aliphatic rings. The van der Waals surface area contributed by atoms with E-state index in [1.165, 1.54) is 12.1 Å². The zero-order valence-electron chi connectivity index (χ0n) is 14.7. The zero-order valence-corrected chi connectivity index (χ0v) is 15.4. The van der Waals surface area contributed by atoms with Gasteiger partial charge in [0.15, 0.2) is 0 Å². The van der Waals surface area contributed by atoms with Gasteiger partial charge in [-0.05, 0) is 17.5 Å². The minimum absolute atomic E-state index is 0.0670. The molecule has 2 aromatic carbocycles. The lowest BCUT2D eigenvalue weighted by molar-refractivity contribution is -0.386. The molecule has 2 heterocycles. The van der Waals surface area contributed by atoms with Crippen molar-refractivity contribution < 1.29 is 18.1 Å². The highest BCUT2D eigenvalue weighted by molar-refractivity contribution is 6.37. The summed E-state index contributed by atoms with van der Waals surface area (Å²) in [6, 6.07) is 11.5. The maximum Gasteiger partial charge on any atom is 0.431 e. The van der Waals surface area contributed by atoms with E-state index in [0.717, 1.165) is 0 Å². The molecule has 0 atom stereocenters. The second kappa shape index (κ2) is 6.70. The van der Waals surface area contributed by atoms with Gasteiger partial charge < -0.3 is 4.98 Å². The highest BCUT2D eigenvalue weighted by Gasteiger charge is 2.37. The summed E-state index contributed by atoms with van der Waals surface area (Å²) >= 11 is 5.85. The third-order valence-corrected chi connectivity index (χ3v) is 4.97. The maximum absolute atomic E-state index is 13.9. The van der Waals surface area contributed by atoms with Crippen LogP contribution in [0.25, 0.3) is 27.4 Å². The average Bonchev–Trinajstić information content (AvgIpc) is 2.67. The molecule has 0 unspecified atom stereocenters. The standard InChI is InChI=1S/C19H9ClF3N3O4/c20-14-11-8-13(19(21,22)23)25(12-7-3-5-9-4-1-2-6-10(9)12)18(28)15(11)24-17(27)16(14)26(29)30/h1-8H,(H,24,27). The third kappa shape index (κ3) is 2.92. The molecule has 0 amide bonds. The molecule has 7 nitrogen and oxygen atoms in total. The molecule has 1 N–H and O–H groups in total. The molecule has 0 saturated heterocycles. The predicted octanol–water partition coefficient (Wildman–Crippen LogP) is 4.41. The van der Waals surface area contributed by atoms with Gasteiger partial charge >= 0.3 is 17.4 Å². The molecule has 152 valence electrons. The van der Waals surface area contributed by atoms with Gasteiger partial charge in [-0.2, -0.15) is 13.2 Å². The number of hydrogen-bond donors (Lipinski definition) is 1. The van der Waals surface area contributed by atoms with Crippen LogP contribution in [0.4, 0.5) is 18.9 Å². The van der Waals surface area contributed by atoms with Crippen molar-refractivity contribution in [3.8, 4) is 5.69 Å². The van der Waals surface area contributed by atoms with Crippen LogP contribution in [0.5, 0.6) is 0 Å². The van der Waals surface area contributed by atoms with E-state index in [1.807, 2.05) is 4.98 Å². The molecule has 0 aliphatic carbocycles. The quantitative estimate of drug-likeness (QED) is 0.372. The Balaban J connectivity index is 2.24. The summed E-state index contributed by atoms with van der Waals surface area (Å²) in [7, 11) is 0. The number of rotatable bonds is 2. The minimum atomic E-state index is -5.00. The Hall–Kier alpha value is -3.66. The van der Waals surface area contributed by atoms with E-state index in [2.05, 4.69) is 0 Å². The third-order valence-electron chi connectivity index (χ3n) is 4.59. The monoisotopic (exact) mass is 435 g/mol. The molecule has 0 aliphatic heterocycles. The first kappa shape index (κ1) is 19.6. The van der Waals surface area contributed by atoms with Crippen molar-refractivity contribution in [3.05, 3.63) is 90.1 Å². The number of hydrogen-bond acceptors (Lipinski definition) is 4. The Morgan fingerprint density at radius 3 is 2.37 bits per heavy atom. The summed E-state index contributed by atoms with van der Waals surface area (Å²) in [5.41, 5.74) is -5.68. The van der Waals surface area contributed by atoms with Gasteiger partial charge in [0, 0.05) is 10.8 Å². The fraction of sp³-hybridized carbons (Fsp3) is 0.0526. The molecule has 2 aromatic heterocycles. The molecule has 11 heteroatoms. The van der Waals surface area contributed by atoms with E-state index < -0.39 is 49.5 Å². The lowest BCUT2D eigenvalue weighted by atomic mass is 10.1. The van der Waals surface area contributed by atoms with Gasteiger partial charge in [0.05, 0.1) is 10.6 Å². The number of fused-ring (bicyclic) bond motifs is 2. The van der Waals surface area contributed by atoms with Gasteiger partial charge in [0.1, 0.15) is 16.2 Å². The van der Waals surface area contributed by atoms with Crippen molar-refractivity contribution in [1.29, 1.82) is 0 Å². The fourth-order valence-corrected chi connectivity index (χ4v) is 3.62. The Morgan fingerprint density at radius 2 is 1.70 bits per heavy atom. The van der Waals surface area contributed by atoms with Crippen molar-refractivity contribution >= 4 is 39.0 Å². The Morgan fingerprint density at radius 1 is 1.03 bits per heavy atom. The first-order valence-corrected chi connectivity index (χ1v) is 8.70. The normalized spacial score (nSPS) is 11.9. The van der Waals surface area contributed by atoms with Gasteiger partial charge in [-0.3, -0.25) is 24.3 Å². The number of nitro groups is 1. The summed E-state index contributed by atoms with van der Waals surface area (Å²) in [5.74, 6) is 0. The molecule has 0 bridgehead atoms. The number of aromatic nitrogens is 2. The van der Waals surface area contributed by atoms with E-state index >= 15 is 0 Å². The van der Waals surface area contributed by atoms with Crippen LogP contribution in [0.2, 0.25) is 5.02 Å². The largest absolute Gasteiger partial charge is 0.431 e. The number of benzene rings is 2. The summed E-state index contributed by atoms with van der Waals surface area (Å²) in [6.07, 6.45) is -5.00. The molecular formula is C19H9ClF3N3O4. The van der Waals surface area contributed by atoms with Crippen molar-refractivity contribution in [3.63, 3.8) is 0 Å². The number of aromatic amines is 1. The number of H-pyrrole nitrogens is 1. The number of halogens is 4. The van der Waals surface area contributed by atoms with Crippen LogP contribution in [0.3, 0.4) is 0 Å². The van der Waals surface area contributed by atoms with Crippen LogP contribution in [0.15, 0.2) is 58.1 Å². The van der Waals surface area contributed by atoms with Crippen LogP contribution >= 0.6 is 11.6 Å². The van der Waals surface area contributed by atoms with Gasteiger partial charge in [0.2, 0.25) is 0 Å². The Kier molecular flexibility index (Phi) is 4.39. The SMILES string of the molecule is O=c1[nH]c2c(=O)n(-c3cccc4ccccc34)c(C(F)(F)F)cc2c(Cl)c1[N+](=O)[O-]. The van der Waals surface area contributed by atoms with E-state index in [1.54, 1.807) is 30.3 Å². The topological polar surface area (TPSA) is 98.0 Å². The lowest BCUT2D eigenvalue weighted by Gasteiger charge is -2.18. The maximum atomic E-state index is 13.9. The van der Waals surface area contributed by atoms with E-state index in [-0.39, 0.29) is 5.69 Å². The summed E-state index contributed by atoms with van der Waals surface area (Å²) < 4.78 is 42.1. The Labute approximate surface area is 169 Å². The second-order valence-corrected chi connectivity index (χ2v) is 6.71. The molecule has 30 heavy (non-hydrogen) atoms. The highest BCUT2D eigenvalue weighted by Crippen LogP contribution is 2.36. The second-order valence-electron chi connectivity index (χ2n) is 6.33. The Bertz CT molecular complexity index is 1470. The van der Waals surface area contributed by atoms with E-state index in [0.29, 0.717) is 21.4 Å². The minimum Gasteiger partial charge on any atom is -0.311 e. The predicted molar refractivity (Wildman–Crippen MR) is 104 cm³/mol. The van der Waals surface area contributed by atoms with E-state index in [9.17, 15) is 32.9 Å². The van der Waals surface area contributed by atoms with Crippen LogP contribution < -0.4 is 11.1 Å². The zero-order chi connectivity index (χ0) is 21.8. The molecule has 4 rings (SSSR count). The smallest absolute Gasteiger partial charge is 0.311 e. The average molecular weight is 436 g/mol. The molecule has 0 fully saturated rings. The number of nitrogens with zero attached hydrogens (tertiary/aromatic N) is 2. The highest BCUT2D eigenvalue weighted by atomic mass is 35.5. The van der Waals surface area contributed by atoms with Crippen LogP contribution in [-0.2, 0) is 6.18 Å². The molecule has 4 aromatic rings. The first-order valence-electron chi connectivity index (χ1n) is 8.32. The fourth-order valence-electron chi connectivity index (χ4n) is 3.32. The number of nitrogens with one attached hydrogen (secondary N) is 1. The lowest BCUT2D eigenvalue weighted by Crippen LogP contribution is -2.29. The van der Waals surface area contributed by atoms with Gasteiger partial charge in [-0.1, -0.05) is 48.0 Å². The molecular weight excluding hydrogens is 427 g/mol. The molecule has 0 radical (unpaired) electrons. The van der Waals surface area contributed by atoms with Gasteiger partial charge in [-0.25, -0.2) is 0 Å². The van der Waals surface area contributed by atoms with Crippen LogP contribution in [0.1, 0.15) is 5.69 Å². The van der Waals surface area contributed by atoms with E-state index in [4.69, 9.17) is 11.6 Å². The summed E-state index contributed by atoms with van der Waals surface area (Å²) in [5, 5.41) is 10.6. The van der Waals surface area contributed by atoms with Crippen molar-refractivity contribution in [2.75, 3.05) is 0 Å². The first-order chi connectivity index (χ1) is 14.1. The van der Waals surface area contributed by atoms with Crippen LogP contribution in [-0.4, -0.2) is 14.5 Å². The summed E-state index contributed by atoms with van der Waals surface area (Å²) in [4.78, 5) is 37.1. The summed E-state index contributed by atoms with van der Waals surface area (Å²) in [6.45, 7) is 0. The van der Waals surface area contributed by atoms with Gasteiger partial charge in [0.25, 0.3) is 5.56 Å². The van der Waals surface area contributed by atoms with Crippen molar-refractivity contribution in [1.82, 2.24) is 9.55 Å². The molecule has 0 spiro atoms. The van der Waals surface area contributed by atoms with Crippen molar-refractivity contribution in [2.45, 2.75) is 6.18 Å². The van der Waals surface area contributed by atoms with Gasteiger partial charge in [-0.15, -0.1) is 0 Å². The molecule has 0 saturated carbocycles. The number of alkyl halides is 3. The van der Waals surface area contributed by atoms with Crippen LogP contribution in [0, 0.1) is 10.1 Å². The van der Waals surface area contributed by atoms with Crippen molar-refractivity contribution in [2.24, 2.45) is 0 Å².